The third-order valence-corrected chi connectivity index (χ3v) is 2.07. The molecule has 0 atom stereocenters. The van der Waals surface area contributed by atoms with Gasteiger partial charge in [-0.3, -0.25) is 10.1 Å². The molecule has 0 saturated heterocycles. The van der Waals surface area contributed by atoms with Crippen molar-refractivity contribution in [3.8, 4) is 0 Å². The van der Waals surface area contributed by atoms with E-state index in [-0.39, 0.29) is 5.69 Å². The minimum Gasteiger partial charge on any atom is -0.396 e. The van der Waals surface area contributed by atoms with E-state index in [0.717, 1.165) is 24.3 Å². The van der Waals surface area contributed by atoms with Gasteiger partial charge in [0, 0.05) is 18.2 Å². The summed E-state index contributed by atoms with van der Waals surface area (Å²) in [6.07, 6.45) is 0. The van der Waals surface area contributed by atoms with E-state index < -0.39 is 33.9 Å². The number of hydrogen-bond donors (Lipinski definition) is 1. The summed E-state index contributed by atoms with van der Waals surface area (Å²) in [6.45, 7) is 0. The van der Waals surface area contributed by atoms with Crippen molar-refractivity contribution >= 4 is 11.4 Å². The second-order valence-electron chi connectivity index (χ2n) is 3.52. The van der Waals surface area contributed by atoms with Crippen molar-refractivity contribution in [3.05, 3.63) is 69.8 Å². The maximum Gasteiger partial charge on any atom is 0.304 e. The van der Waals surface area contributed by atoms with E-state index in [1.54, 1.807) is 0 Å². The first-order chi connectivity index (χ1) is 9.31. The second-order valence-corrected chi connectivity index (χ2v) is 3.52. The van der Waals surface area contributed by atoms with Crippen molar-refractivity contribution in [2.75, 3.05) is 5.73 Å². The molecule has 20 heavy (non-hydrogen) atoms. The van der Waals surface area contributed by atoms with Gasteiger partial charge in [-0.25, -0.2) is 13.2 Å². The summed E-state index contributed by atoms with van der Waals surface area (Å²) in [4.78, 5) is 9.07. The number of rotatable bonds is 1. The van der Waals surface area contributed by atoms with Gasteiger partial charge in [-0.15, -0.1) is 0 Å². The molecule has 8 heteroatoms. The molecular weight excluding hydrogens is 280 g/mol. The molecule has 4 nitrogen and oxygen atoms in total. The molecule has 0 aliphatic rings. The Hall–Kier alpha value is -2.64. The van der Waals surface area contributed by atoms with Gasteiger partial charge in [-0.05, 0) is 18.2 Å². The molecule has 0 aliphatic heterocycles. The molecule has 0 aromatic heterocycles. The lowest BCUT2D eigenvalue weighted by Gasteiger charge is -1.92. The highest BCUT2D eigenvalue weighted by atomic mass is 19.1. The second kappa shape index (κ2) is 6.50. The normalized spacial score (nSPS) is 9.60. The highest BCUT2D eigenvalue weighted by Crippen LogP contribution is 2.16. The molecule has 0 fully saturated rings. The van der Waals surface area contributed by atoms with Crippen LogP contribution in [-0.4, -0.2) is 4.92 Å². The minimum absolute atomic E-state index is 0.0311. The lowest BCUT2D eigenvalue weighted by atomic mass is 10.3. The Kier molecular flexibility index (Phi) is 5.01. The number of nitrogen functional groups attached to an aromatic ring is 1. The van der Waals surface area contributed by atoms with Crippen molar-refractivity contribution < 1.29 is 22.5 Å². The molecule has 2 N–H and O–H groups in total. The van der Waals surface area contributed by atoms with Crippen molar-refractivity contribution in [2.24, 2.45) is 0 Å². The maximum atomic E-state index is 12.4. The van der Waals surface area contributed by atoms with Crippen LogP contribution < -0.4 is 5.73 Å². The summed E-state index contributed by atoms with van der Waals surface area (Å²) in [5.41, 5.74) is 4.30. The number of anilines is 1. The predicted octanol–water partition coefficient (Wildman–Crippen LogP) is 3.42. The van der Waals surface area contributed by atoms with Crippen molar-refractivity contribution in [1.82, 2.24) is 0 Å². The van der Waals surface area contributed by atoms with E-state index in [4.69, 9.17) is 5.73 Å². The van der Waals surface area contributed by atoms with Crippen LogP contribution in [0.4, 0.5) is 28.9 Å². The minimum atomic E-state index is -1.16. The molecule has 0 amide bonds. The van der Waals surface area contributed by atoms with Gasteiger partial charge in [0.05, 0.1) is 10.6 Å². The third-order valence-electron chi connectivity index (χ3n) is 2.07. The Morgan fingerprint density at radius 1 is 0.900 bits per heavy atom. The third kappa shape index (κ3) is 4.23. The number of halogens is 4. The summed E-state index contributed by atoms with van der Waals surface area (Å²) in [5.74, 6) is -3.31. The molecule has 0 aliphatic carbocycles. The summed E-state index contributed by atoms with van der Waals surface area (Å²) < 4.78 is 48.8. The summed E-state index contributed by atoms with van der Waals surface area (Å²) in [5, 5.41) is 9.98. The highest BCUT2D eigenvalue weighted by molar-refractivity contribution is 5.38. The van der Waals surface area contributed by atoms with Crippen LogP contribution in [0.25, 0.3) is 0 Å². The van der Waals surface area contributed by atoms with Crippen molar-refractivity contribution in [1.29, 1.82) is 0 Å². The van der Waals surface area contributed by atoms with Crippen LogP contribution in [0.1, 0.15) is 0 Å². The molecule has 0 spiro atoms. The first kappa shape index (κ1) is 15.4. The fourth-order valence-electron chi connectivity index (χ4n) is 1.13. The Morgan fingerprint density at radius 2 is 1.40 bits per heavy atom. The zero-order valence-electron chi connectivity index (χ0n) is 9.82. The van der Waals surface area contributed by atoms with E-state index in [1.807, 2.05) is 0 Å². The molecule has 2 rings (SSSR count). The fourth-order valence-corrected chi connectivity index (χ4v) is 1.13. The van der Waals surface area contributed by atoms with E-state index >= 15 is 0 Å². The Morgan fingerprint density at radius 3 is 1.80 bits per heavy atom. The summed E-state index contributed by atoms with van der Waals surface area (Å²) in [6, 6.07) is 5.13. The van der Waals surface area contributed by atoms with Gasteiger partial charge in [-0.2, -0.15) is 4.39 Å². The molecule has 2 aromatic rings. The zero-order valence-corrected chi connectivity index (χ0v) is 9.82. The lowest BCUT2D eigenvalue weighted by molar-refractivity contribution is -0.387. The number of hydrogen-bond acceptors (Lipinski definition) is 3. The monoisotopic (exact) mass is 288 g/mol. The summed E-state index contributed by atoms with van der Waals surface area (Å²) in [7, 11) is 0. The number of nitro benzene ring substituents is 1. The smallest absolute Gasteiger partial charge is 0.304 e. The Balaban J connectivity index is 0.000000204. The van der Waals surface area contributed by atoms with Crippen LogP contribution in [0.3, 0.4) is 0 Å². The molecular formula is C12H8F4N2O2. The highest BCUT2D eigenvalue weighted by Gasteiger charge is 2.13. The van der Waals surface area contributed by atoms with E-state index in [0.29, 0.717) is 6.07 Å². The van der Waals surface area contributed by atoms with Gasteiger partial charge in [-0.1, -0.05) is 0 Å². The molecule has 106 valence electrons. The van der Waals surface area contributed by atoms with Gasteiger partial charge >= 0.3 is 5.69 Å². The Labute approximate surface area is 110 Å². The zero-order chi connectivity index (χ0) is 15.3. The number of nitrogens with two attached hydrogens (primary N) is 1. The van der Waals surface area contributed by atoms with Gasteiger partial charge in [0.1, 0.15) is 17.5 Å². The predicted molar refractivity (Wildman–Crippen MR) is 63.8 cm³/mol. The molecule has 0 bridgehead atoms. The molecule has 0 unspecified atom stereocenters. The Bertz CT molecular complexity index is 635. The number of nitro groups is 1. The van der Waals surface area contributed by atoms with Crippen LogP contribution >= 0.6 is 0 Å². The van der Waals surface area contributed by atoms with Gasteiger partial charge in [0.15, 0.2) is 0 Å². The van der Waals surface area contributed by atoms with Crippen molar-refractivity contribution in [2.45, 2.75) is 0 Å². The molecule has 0 radical (unpaired) electrons. The average molecular weight is 288 g/mol. The summed E-state index contributed by atoms with van der Waals surface area (Å²) >= 11 is 0. The van der Waals surface area contributed by atoms with Crippen LogP contribution in [0.5, 0.6) is 0 Å². The van der Waals surface area contributed by atoms with Gasteiger partial charge < -0.3 is 5.73 Å². The van der Waals surface area contributed by atoms with Crippen LogP contribution in [0.2, 0.25) is 0 Å². The number of benzene rings is 2. The molecule has 0 saturated carbocycles. The SMILES string of the molecule is Nc1ccc(F)cc1F.O=[N+]([O-])c1ccc(F)cc1F. The standard InChI is InChI=1S/C6H3F2NO2.C6H5F2N/c7-4-1-2-6(9(10)11)5(8)3-4;7-4-1-2-6(9)5(8)3-4/h1-3H;1-3H,9H2. The average Bonchev–Trinajstić information content (AvgIpc) is 2.34. The van der Waals surface area contributed by atoms with Crippen LogP contribution in [0, 0.1) is 33.4 Å². The fraction of sp³-hybridized carbons (Fsp3) is 0. The molecule has 0 heterocycles. The first-order valence-electron chi connectivity index (χ1n) is 5.11. The molecule has 2 aromatic carbocycles. The van der Waals surface area contributed by atoms with Gasteiger partial charge in [0.2, 0.25) is 5.82 Å². The quantitative estimate of drug-likeness (QED) is 0.378. The number of nitrogens with zero attached hydrogens (tertiary/aromatic N) is 1. The van der Waals surface area contributed by atoms with E-state index in [1.165, 1.54) is 6.07 Å². The van der Waals surface area contributed by atoms with Crippen molar-refractivity contribution in [3.63, 3.8) is 0 Å². The van der Waals surface area contributed by atoms with E-state index in [2.05, 4.69) is 0 Å². The van der Waals surface area contributed by atoms with E-state index in [9.17, 15) is 27.7 Å². The van der Waals surface area contributed by atoms with Gasteiger partial charge in [0.25, 0.3) is 0 Å². The topological polar surface area (TPSA) is 69.2 Å². The first-order valence-corrected chi connectivity index (χ1v) is 5.11. The van der Waals surface area contributed by atoms with Crippen LogP contribution in [0.15, 0.2) is 36.4 Å². The van der Waals surface area contributed by atoms with Crippen LogP contribution in [-0.2, 0) is 0 Å². The lowest BCUT2D eigenvalue weighted by Crippen LogP contribution is -1.92. The maximum absolute atomic E-state index is 12.4. The largest absolute Gasteiger partial charge is 0.396 e.